The fraction of sp³-hybridized carbons (Fsp3) is 0. The number of aromatic nitrogens is 2. The van der Waals surface area contributed by atoms with Crippen LogP contribution in [-0.2, 0) is 0 Å². The van der Waals surface area contributed by atoms with E-state index in [4.69, 9.17) is 4.98 Å². The number of thiophene rings is 1. The Morgan fingerprint density at radius 3 is 1.91 bits per heavy atom. The van der Waals surface area contributed by atoms with E-state index in [9.17, 15) is 0 Å². The summed E-state index contributed by atoms with van der Waals surface area (Å²) in [5, 5.41) is 6.01. The van der Waals surface area contributed by atoms with Crippen LogP contribution < -0.4 is 0 Å². The summed E-state index contributed by atoms with van der Waals surface area (Å²) in [7, 11) is 0. The lowest BCUT2D eigenvalue weighted by Crippen LogP contribution is -1.98. The van der Waals surface area contributed by atoms with E-state index >= 15 is 0 Å². The Morgan fingerprint density at radius 2 is 1.21 bits per heavy atom. The number of nitrogens with zero attached hydrogens (tertiary/aromatic N) is 2. The molecule has 7 aromatic rings. The van der Waals surface area contributed by atoms with Gasteiger partial charge in [0.1, 0.15) is 0 Å². The summed E-state index contributed by atoms with van der Waals surface area (Å²) < 4.78 is 3.70. The molecule has 0 unspecified atom stereocenters. The predicted octanol–water partition coefficient (Wildman–Crippen LogP) is 8.73. The normalized spacial score (nSPS) is 11.5. The van der Waals surface area contributed by atoms with Gasteiger partial charge in [0.15, 0.2) is 0 Å². The van der Waals surface area contributed by atoms with Gasteiger partial charge < -0.3 is 4.57 Å². The predicted molar refractivity (Wildman–Crippen MR) is 145 cm³/mol. The maximum absolute atomic E-state index is 5.07. The van der Waals surface area contributed by atoms with Crippen LogP contribution >= 0.6 is 11.3 Å². The molecule has 4 aromatic carbocycles. The molecule has 0 N–H and O–H groups in total. The number of hydrogen-bond donors (Lipinski definition) is 0. The van der Waals surface area contributed by atoms with Gasteiger partial charge in [-0.2, -0.15) is 0 Å². The lowest BCUT2D eigenvalue weighted by Gasteiger charge is -2.13. The van der Waals surface area contributed by atoms with Crippen LogP contribution in [0.4, 0.5) is 0 Å². The summed E-state index contributed by atoms with van der Waals surface area (Å²) in [6, 6.07) is 40.9. The highest BCUT2D eigenvalue weighted by atomic mass is 32.1. The van der Waals surface area contributed by atoms with E-state index < -0.39 is 0 Å². The van der Waals surface area contributed by atoms with E-state index in [0.29, 0.717) is 0 Å². The molecule has 0 fully saturated rings. The molecule has 0 radical (unpaired) electrons. The Labute approximate surface area is 201 Å². The largest absolute Gasteiger partial charge is 0.309 e. The van der Waals surface area contributed by atoms with Crippen LogP contribution in [0.15, 0.2) is 121 Å². The van der Waals surface area contributed by atoms with Crippen LogP contribution in [0, 0.1) is 0 Å². The topological polar surface area (TPSA) is 17.8 Å². The highest BCUT2D eigenvalue weighted by molar-refractivity contribution is 7.17. The van der Waals surface area contributed by atoms with Crippen molar-refractivity contribution in [2.24, 2.45) is 0 Å². The summed E-state index contributed by atoms with van der Waals surface area (Å²) in [4.78, 5) is 5.07. The molecule has 0 aliphatic heterocycles. The molecule has 0 saturated carbocycles. The molecule has 3 heterocycles. The lowest BCUT2D eigenvalue weighted by atomic mass is 10.1. The van der Waals surface area contributed by atoms with Crippen molar-refractivity contribution in [1.82, 2.24) is 9.55 Å². The van der Waals surface area contributed by atoms with Gasteiger partial charge in [-0.05, 0) is 47.2 Å². The number of hydrogen-bond acceptors (Lipinski definition) is 2. The van der Waals surface area contributed by atoms with Crippen LogP contribution in [0.2, 0.25) is 0 Å². The minimum absolute atomic E-state index is 0.972. The van der Waals surface area contributed by atoms with Crippen molar-refractivity contribution in [2.75, 3.05) is 0 Å². The third kappa shape index (κ3) is 3.06. The zero-order valence-electron chi connectivity index (χ0n) is 18.3. The van der Waals surface area contributed by atoms with E-state index in [2.05, 4.69) is 113 Å². The summed E-state index contributed by atoms with van der Waals surface area (Å²) in [6.45, 7) is 0. The first-order valence-corrected chi connectivity index (χ1v) is 12.3. The third-order valence-electron chi connectivity index (χ3n) is 6.45. The molecule has 0 spiro atoms. The van der Waals surface area contributed by atoms with Crippen LogP contribution in [-0.4, -0.2) is 9.55 Å². The molecular formula is C31H20N2S. The minimum Gasteiger partial charge on any atom is -0.309 e. The second-order valence-corrected chi connectivity index (χ2v) is 9.46. The molecule has 0 bridgehead atoms. The van der Waals surface area contributed by atoms with Gasteiger partial charge in [-0.25, -0.2) is 4.98 Å². The van der Waals surface area contributed by atoms with Crippen molar-refractivity contribution >= 4 is 43.2 Å². The summed E-state index contributed by atoms with van der Waals surface area (Å²) in [6.07, 6.45) is 0. The van der Waals surface area contributed by atoms with E-state index in [1.54, 1.807) is 11.3 Å². The second kappa shape index (κ2) is 7.68. The number of rotatable bonds is 3. The fourth-order valence-electron chi connectivity index (χ4n) is 4.86. The van der Waals surface area contributed by atoms with Gasteiger partial charge in [-0.15, -0.1) is 11.3 Å². The Kier molecular flexibility index (Phi) is 4.36. The molecule has 0 amide bonds. The fourth-order valence-corrected chi connectivity index (χ4v) is 5.67. The van der Waals surface area contributed by atoms with Crippen LogP contribution in [0.1, 0.15) is 0 Å². The lowest BCUT2D eigenvalue weighted by molar-refractivity contribution is 1.16. The van der Waals surface area contributed by atoms with Gasteiger partial charge in [0.2, 0.25) is 0 Å². The van der Waals surface area contributed by atoms with E-state index in [-0.39, 0.29) is 0 Å². The molecule has 0 aliphatic rings. The molecular weight excluding hydrogens is 432 g/mol. The molecule has 0 aliphatic carbocycles. The van der Waals surface area contributed by atoms with Gasteiger partial charge in [0.25, 0.3) is 0 Å². The molecule has 7 rings (SSSR count). The Hall–Kier alpha value is -4.21. The molecule has 160 valence electrons. The standard InChI is InChI=1S/C31H20N2S/c1-3-9-21(10-4-1)27-18-24(19-28(32-27)22-11-5-2-6-12-22)33-29-14-8-7-13-25(29)26-17-23-15-16-34-31(23)20-30(26)33/h1-20H. The maximum Gasteiger partial charge on any atom is 0.0730 e. The average molecular weight is 453 g/mol. The smallest absolute Gasteiger partial charge is 0.0730 e. The Morgan fingerprint density at radius 1 is 0.559 bits per heavy atom. The SMILES string of the molecule is c1ccc(-c2cc(-n3c4ccccc4c4cc5ccsc5cc43)cc(-c3ccccc3)n2)cc1. The summed E-state index contributed by atoms with van der Waals surface area (Å²) >= 11 is 1.79. The first-order valence-electron chi connectivity index (χ1n) is 11.4. The molecule has 2 nitrogen and oxygen atoms in total. The zero-order valence-corrected chi connectivity index (χ0v) is 19.2. The van der Waals surface area contributed by atoms with Crippen LogP contribution in [0.25, 0.3) is 60.1 Å². The second-order valence-electron chi connectivity index (χ2n) is 8.51. The minimum atomic E-state index is 0.972. The monoisotopic (exact) mass is 452 g/mol. The van der Waals surface area contributed by atoms with Crippen molar-refractivity contribution in [3.05, 3.63) is 121 Å². The quantitative estimate of drug-likeness (QED) is 0.262. The van der Waals surface area contributed by atoms with Crippen molar-refractivity contribution in [3.8, 4) is 28.2 Å². The molecule has 3 aromatic heterocycles. The first kappa shape index (κ1) is 19.3. The number of benzene rings is 4. The van der Waals surface area contributed by atoms with Gasteiger partial charge in [0, 0.05) is 26.6 Å². The van der Waals surface area contributed by atoms with E-state index in [1.807, 2.05) is 12.1 Å². The van der Waals surface area contributed by atoms with Gasteiger partial charge in [-0.1, -0.05) is 78.9 Å². The molecule has 0 saturated heterocycles. The van der Waals surface area contributed by atoms with Gasteiger partial charge >= 0.3 is 0 Å². The maximum atomic E-state index is 5.07. The highest BCUT2D eigenvalue weighted by Gasteiger charge is 2.16. The summed E-state index contributed by atoms with van der Waals surface area (Å²) in [5.74, 6) is 0. The number of pyridine rings is 1. The first-order chi connectivity index (χ1) is 16.8. The average Bonchev–Trinajstić information content (AvgIpc) is 3.50. The third-order valence-corrected chi connectivity index (χ3v) is 7.33. The van der Waals surface area contributed by atoms with Gasteiger partial charge in [0.05, 0.1) is 28.1 Å². The van der Waals surface area contributed by atoms with Crippen molar-refractivity contribution < 1.29 is 0 Å². The van der Waals surface area contributed by atoms with Crippen molar-refractivity contribution in [2.45, 2.75) is 0 Å². The zero-order chi connectivity index (χ0) is 22.5. The van der Waals surface area contributed by atoms with Crippen LogP contribution in [0.3, 0.4) is 0 Å². The molecule has 3 heteroatoms. The van der Waals surface area contributed by atoms with Gasteiger partial charge in [-0.3, -0.25) is 0 Å². The molecule has 0 atom stereocenters. The number of fused-ring (bicyclic) bond motifs is 4. The Bertz CT molecular complexity index is 1740. The van der Waals surface area contributed by atoms with Crippen LogP contribution in [0.5, 0.6) is 0 Å². The highest BCUT2D eigenvalue weighted by Crippen LogP contribution is 2.37. The van der Waals surface area contributed by atoms with Crippen molar-refractivity contribution in [3.63, 3.8) is 0 Å². The van der Waals surface area contributed by atoms with E-state index in [0.717, 1.165) is 28.2 Å². The van der Waals surface area contributed by atoms with E-state index in [1.165, 1.54) is 31.9 Å². The molecule has 34 heavy (non-hydrogen) atoms. The Balaban J connectivity index is 1.59. The number of para-hydroxylation sites is 1. The van der Waals surface area contributed by atoms with Crippen molar-refractivity contribution in [1.29, 1.82) is 0 Å². The summed E-state index contributed by atoms with van der Waals surface area (Å²) in [5.41, 5.74) is 7.72.